The maximum Gasteiger partial charge on any atom is 0.236 e. The molecule has 1 fully saturated rings. The third-order valence-corrected chi connectivity index (χ3v) is 7.25. The Morgan fingerprint density at radius 2 is 2.04 bits per heavy atom. The second-order valence-corrected chi connectivity index (χ2v) is 9.70. The molecule has 1 saturated carbocycles. The second-order valence-electron chi connectivity index (χ2n) is 5.63. The first kappa shape index (κ1) is 18.6. The van der Waals surface area contributed by atoms with Crippen molar-refractivity contribution in [3.63, 3.8) is 0 Å². The van der Waals surface area contributed by atoms with Crippen LogP contribution in [0.15, 0.2) is 8.68 Å². The smallest absolute Gasteiger partial charge is 0.236 e. The van der Waals surface area contributed by atoms with Crippen LogP contribution >= 0.6 is 34.9 Å². The third-order valence-electron chi connectivity index (χ3n) is 4.14. The van der Waals surface area contributed by atoms with Gasteiger partial charge in [-0.3, -0.25) is 4.79 Å². The molecule has 8 heteroatoms. The molecular formula is C15H22N4OS3. The van der Waals surface area contributed by atoms with Crippen molar-refractivity contribution >= 4 is 40.8 Å². The number of hydrogen-bond donors (Lipinski definition) is 0. The lowest BCUT2D eigenvalue weighted by atomic mass is 9.81. The Balaban J connectivity index is 2.01. The summed E-state index contributed by atoms with van der Waals surface area (Å²) < 4.78 is 1.74. The second kappa shape index (κ2) is 8.36. The molecule has 1 amide bonds. The van der Waals surface area contributed by atoms with Gasteiger partial charge in [0.1, 0.15) is 5.54 Å². The van der Waals surface area contributed by atoms with Crippen LogP contribution in [0.4, 0.5) is 0 Å². The van der Waals surface area contributed by atoms with Crippen LogP contribution in [0, 0.1) is 11.3 Å². The van der Waals surface area contributed by atoms with Gasteiger partial charge in [0, 0.05) is 7.05 Å². The average Bonchev–Trinajstić information content (AvgIpc) is 3.01. The summed E-state index contributed by atoms with van der Waals surface area (Å²) in [4.78, 5) is 14.4. The zero-order chi connectivity index (χ0) is 16.9. The number of nitrogens with zero attached hydrogens (tertiary/aromatic N) is 4. The monoisotopic (exact) mass is 370 g/mol. The van der Waals surface area contributed by atoms with Gasteiger partial charge in [-0.25, -0.2) is 0 Å². The third kappa shape index (κ3) is 4.40. The van der Waals surface area contributed by atoms with Crippen molar-refractivity contribution in [1.82, 2.24) is 15.1 Å². The van der Waals surface area contributed by atoms with Crippen LogP contribution in [0.5, 0.6) is 0 Å². The highest BCUT2D eigenvalue weighted by Crippen LogP contribution is 2.35. The minimum absolute atomic E-state index is 0.00153. The quantitative estimate of drug-likeness (QED) is 0.709. The van der Waals surface area contributed by atoms with Crippen LogP contribution in [0.1, 0.15) is 46.0 Å². The van der Waals surface area contributed by atoms with Gasteiger partial charge in [0.05, 0.1) is 11.3 Å². The lowest BCUT2D eigenvalue weighted by Crippen LogP contribution is -2.52. The van der Waals surface area contributed by atoms with E-state index in [1.807, 2.05) is 6.92 Å². The van der Waals surface area contributed by atoms with Gasteiger partial charge in [0.25, 0.3) is 0 Å². The number of hydrogen-bond acceptors (Lipinski definition) is 7. The van der Waals surface area contributed by atoms with E-state index >= 15 is 0 Å². The molecule has 0 N–H and O–H groups in total. The van der Waals surface area contributed by atoms with E-state index in [0.717, 1.165) is 46.5 Å². The first-order valence-electron chi connectivity index (χ1n) is 7.84. The largest absolute Gasteiger partial charge is 0.326 e. The number of nitriles is 1. The summed E-state index contributed by atoms with van der Waals surface area (Å²) in [5, 5.41) is 17.6. The van der Waals surface area contributed by atoms with Crippen LogP contribution in [-0.2, 0) is 4.79 Å². The predicted octanol–water partition coefficient (Wildman–Crippen LogP) is 3.82. The van der Waals surface area contributed by atoms with Crippen LogP contribution in [0.25, 0.3) is 0 Å². The molecule has 1 aliphatic carbocycles. The number of carbonyl (C=O) groups excluding carboxylic acids is 1. The van der Waals surface area contributed by atoms with Gasteiger partial charge in [0.15, 0.2) is 8.68 Å². The summed E-state index contributed by atoms with van der Waals surface area (Å²) in [5.74, 6) is 0.958. The molecule has 0 saturated heterocycles. The highest BCUT2D eigenvalue weighted by Gasteiger charge is 2.40. The Bertz CT molecular complexity index is 578. The van der Waals surface area contributed by atoms with Crippen LogP contribution in [0.2, 0.25) is 0 Å². The summed E-state index contributed by atoms with van der Waals surface area (Å²) in [6, 6.07) is 2.40. The Morgan fingerprint density at radius 1 is 1.39 bits per heavy atom. The molecule has 1 aromatic rings. The zero-order valence-corrected chi connectivity index (χ0v) is 16.2. The van der Waals surface area contributed by atoms with Gasteiger partial charge in [-0.05, 0) is 25.5 Å². The van der Waals surface area contributed by atoms with Gasteiger partial charge in [0.2, 0.25) is 5.91 Å². The number of aromatic nitrogens is 2. The molecule has 126 valence electrons. The van der Waals surface area contributed by atoms with Crippen molar-refractivity contribution in [3.05, 3.63) is 0 Å². The molecule has 0 bridgehead atoms. The minimum Gasteiger partial charge on any atom is -0.326 e. The fourth-order valence-corrected chi connectivity index (χ4v) is 5.92. The molecule has 1 aromatic heterocycles. The summed E-state index contributed by atoms with van der Waals surface area (Å²) in [6.07, 6.45) is 4.73. The van der Waals surface area contributed by atoms with Gasteiger partial charge in [-0.2, -0.15) is 5.26 Å². The van der Waals surface area contributed by atoms with Crippen molar-refractivity contribution in [3.8, 4) is 6.07 Å². The van der Waals surface area contributed by atoms with Crippen molar-refractivity contribution in [1.29, 1.82) is 5.26 Å². The van der Waals surface area contributed by atoms with E-state index in [2.05, 4.69) is 23.2 Å². The van der Waals surface area contributed by atoms with Crippen LogP contribution < -0.4 is 0 Å². The molecule has 1 heterocycles. The van der Waals surface area contributed by atoms with E-state index in [0.29, 0.717) is 0 Å². The standard InChI is InChI=1S/C15H22N4OS3/c1-4-21-13-17-18-14(23-13)22-11(2)12(20)19(3)15(10-16)8-6-5-7-9-15/h11H,4-9H2,1-3H3/t11-/m0/s1. The van der Waals surface area contributed by atoms with E-state index in [9.17, 15) is 10.1 Å². The molecule has 0 radical (unpaired) electrons. The topological polar surface area (TPSA) is 69.9 Å². The average molecular weight is 371 g/mol. The van der Waals surface area contributed by atoms with Crippen molar-refractivity contribution in [2.45, 2.75) is 65.4 Å². The lowest BCUT2D eigenvalue weighted by molar-refractivity contribution is -0.133. The fourth-order valence-electron chi connectivity index (χ4n) is 2.77. The summed E-state index contributed by atoms with van der Waals surface area (Å²) in [6.45, 7) is 3.96. The summed E-state index contributed by atoms with van der Waals surface area (Å²) in [5.41, 5.74) is -0.630. The maximum atomic E-state index is 12.7. The van der Waals surface area contributed by atoms with Crippen molar-refractivity contribution in [2.24, 2.45) is 0 Å². The van der Waals surface area contributed by atoms with Gasteiger partial charge >= 0.3 is 0 Å². The first-order valence-corrected chi connectivity index (χ1v) is 10.5. The normalized spacial score (nSPS) is 18.2. The molecule has 5 nitrogen and oxygen atoms in total. The molecule has 0 unspecified atom stereocenters. The summed E-state index contributed by atoms with van der Waals surface area (Å²) in [7, 11) is 1.77. The molecule has 0 aromatic carbocycles. The van der Waals surface area contributed by atoms with E-state index in [4.69, 9.17) is 0 Å². The SMILES string of the molecule is CCSc1nnc(S[C@@H](C)C(=O)N(C)C2(C#N)CCCCC2)s1. The fraction of sp³-hybridized carbons (Fsp3) is 0.733. The van der Waals surface area contributed by atoms with Crippen LogP contribution in [0.3, 0.4) is 0 Å². The Hall–Kier alpha value is -0.780. The van der Waals surface area contributed by atoms with E-state index in [-0.39, 0.29) is 11.2 Å². The Labute approximate surface area is 150 Å². The van der Waals surface area contributed by atoms with E-state index in [1.165, 1.54) is 23.1 Å². The molecule has 23 heavy (non-hydrogen) atoms. The van der Waals surface area contributed by atoms with Gasteiger partial charge < -0.3 is 4.90 Å². The Morgan fingerprint density at radius 3 is 2.65 bits per heavy atom. The minimum atomic E-state index is -0.630. The highest BCUT2D eigenvalue weighted by atomic mass is 32.2. The molecular weight excluding hydrogens is 348 g/mol. The van der Waals surface area contributed by atoms with Crippen molar-refractivity contribution in [2.75, 3.05) is 12.8 Å². The number of rotatable bonds is 6. The number of thioether (sulfide) groups is 2. The van der Waals surface area contributed by atoms with Crippen molar-refractivity contribution < 1.29 is 4.79 Å². The molecule has 1 aliphatic rings. The predicted molar refractivity (Wildman–Crippen MR) is 95.8 cm³/mol. The first-order chi connectivity index (χ1) is 11.0. The molecule has 2 rings (SSSR count). The van der Waals surface area contributed by atoms with Crippen LogP contribution in [-0.4, -0.2) is 44.6 Å². The Kier molecular flexibility index (Phi) is 6.74. The molecule has 0 aliphatic heterocycles. The lowest BCUT2D eigenvalue weighted by Gasteiger charge is -2.39. The van der Waals surface area contributed by atoms with Gasteiger partial charge in [-0.1, -0.05) is 61.0 Å². The summed E-state index contributed by atoms with van der Waals surface area (Å²) >= 11 is 4.61. The maximum absolute atomic E-state index is 12.7. The van der Waals surface area contributed by atoms with E-state index in [1.54, 1.807) is 23.7 Å². The molecule has 1 atom stereocenters. The molecule has 0 spiro atoms. The number of carbonyl (C=O) groups is 1. The zero-order valence-electron chi connectivity index (χ0n) is 13.7. The van der Waals surface area contributed by atoms with Gasteiger partial charge in [-0.15, -0.1) is 10.2 Å². The number of amides is 1. The highest BCUT2D eigenvalue weighted by molar-refractivity contribution is 8.03. The van der Waals surface area contributed by atoms with E-state index < -0.39 is 5.54 Å².